The minimum Gasteiger partial charge on any atom is -0.489 e. The lowest BCUT2D eigenvalue weighted by molar-refractivity contribution is 0.0660. The molecule has 0 aromatic carbocycles. The van der Waals surface area contributed by atoms with Gasteiger partial charge in [-0.2, -0.15) is 0 Å². The number of rotatable bonds is 6. The van der Waals surface area contributed by atoms with Crippen molar-refractivity contribution >= 4 is 11.9 Å². The monoisotopic (exact) mass is 304 g/mol. The van der Waals surface area contributed by atoms with Crippen molar-refractivity contribution in [2.75, 3.05) is 0 Å². The lowest BCUT2D eigenvalue weighted by atomic mass is 10.3. The molecule has 0 saturated heterocycles. The fraction of sp³-hybridized carbons (Fsp3) is 0.267. The minimum absolute atomic E-state index is 0.0593. The summed E-state index contributed by atoms with van der Waals surface area (Å²) in [5.41, 5.74) is 0.168. The van der Waals surface area contributed by atoms with E-state index in [9.17, 15) is 9.59 Å². The Morgan fingerprint density at radius 3 is 2.77 bits per heavy atom. The predicted octanol–water partition coefficient (Wildman–Crippen LogP) is 2.09. The standard InChI is InChI=1S/C15H16N2O5/c1-9(2)21-11-4-3-7-16-13(11)14(18)17-8-10-5-6-12(22-10)15(19)20/h3-7,9H,8H2,1-2H3,(H,17,18)(H,19,20). The molecule has 2 rings (SSSR count). The second-order valence-electron chi connectivity index (χ2n) is 4.77. The van der Waals surface area contributed by atoms with Gasteiger partial charge in [0.05, 0.1) is 12.6 Å². The van der Waals surface area contributed by atoms with E-state index in [0.29, 0.717) is 11.5 Å². The summed E-state index contributed by atoms with van der Waals surface area (Å²) in [7, 11) is 0. The van der Waals surface area contributed by atoms with Gasteiger partial charge in [-0.15, -0.1) is 0 Å². The summed E-state index contributed by atoms with van der Waals surface area (Å²) in [6.45, 7) is 3.76. The van der Waals surface area contributed by atoms with E-state index < -0.39 is 11.9 Å². The van der Waals surface area contributed by atoms with Crippen LogP contribution in [-0.2, 0) is 6.54 Å². The van der Waals surface area contributed by atoms with Crippen LogP contribution in [0.4, 0.5) is 0 Å². The van der Waals surface area contributed by atoms with Crippen LogP contribution in [0, 0.1) is 0 Å². The molecule has 0 radical (unpaired) electrons. The SMILES string of the molecule is CC(C)Oc1cccnc1C(=O)NCc1ccc(C(=O)O)o1. The zero-order valence-corrected chi connectivity index (χ0v) is 12.2. The highest BCUT2D eigenvalue weighted by atomic mass is 16.5. The van der Waals surface area contributed by atoms with Crippen LogP contribution in [0.3, 0.4) is 0 Å². The second kappa shape index (κ2) is 6.75. The first-order valence-corrected chi connectivity index (χ1v) is 6.69. The smallest absolute Gasteiger partial charge is 0.371 e. The molecule has 7 nitrogen and oxygen atoms in total. The number of aromatic nitrogens is 1. The Hall–Kier alpha value is -2.83. The van der Waals surface area contributed by atoms with Crippen LogP contribution in [0.25, 0.3) is 0 Å². The number of nitrogens with one attached hydrogen (secondary N) is 1. The van der Waals surface area contributed by atoms with Crippen molar-refractivity contribution in [1.29, 1.82) is 0 Å². The summed E-state index contributed by atoms with van der Waals surface area (Å²) in [4.78, 5) is 26.9. The molecule has 7 heteroatoms. The van der Waals surface area contributed by atoms with E-state index in [-0.39, 0.29) is 24.1 Å². The van der Waals surface area contributed by atoms with Gasteiger partial charge in [-0.1, -0.05) is 0 Å². The number of carbonyl (C=O) groups is 2. The molecule has 2 aromatic rings. The molecule has 22 heavy (non-hydrogen) atoms. The lowest BCUT2D eigenvalue weighted by Crippen LogP contribution is -2.25. The molecule has 2 heterocycles. The number of nitrogens with zero attached hydrogens (tertiary/aromatic N) is 1. The van der Waals surface area contributed by atoms with E-state index in [1.54, 1.807) is 12.1 Å². The maximum absolute atomic E-state index is 12.1. The van der Waals surface area contributed by atoms with E-state index in [4.69, 9.17) is 14.3 Å². The Labute approximate surface area is 126 Å². The molecule has 0 aliphatic rings. The molecule has 0 atom stereocenters. The average Bonchev–Trinajstić information content (AvgIpc) is 2.94. The molecule has 0 unspecified atom stereocenters. The molecule has 0 spiro atoms. The lowest BCUT2D eigenvalue weighted by Gasteiger charge is -2.12. The van der Waals surface area contributed by atoms with Gasteiger partial charge in [0.1, 0.15) is 5.76 Å². The fourth-order valence-electron chi connectivity index (χ4n) is 1.75. The van der Waals surface area contributed by atoms with Crippen molar-refractivity contribution in [2.45, 2.75) is 26.5 Å². The third kappa shape index (κ3) is 3.85. The Morgan fingerprint density at radius 2 is 2.14 bits per heavy atom. The van der Waals surface area contributed by atoms with Gasteiger partial charge in [0.25, 0.3) is 5.91 Å². The Bertz CT molecular complexity index is 678. The van der Waals surface area contributed by atoms with Gasteiger partial charge in [0, 0.05) is 6.20 Å². The average molecular weight is 304 g/mol. The molecule has 0 bridgehead atoms. The normalized spacial score (nSPS) is 10.5. The van der Waals surface area contributed by atoms with Crippen molar-refractivity contribution < 1.29 is 23.8 Å². The molecule has 0 aliphatic heterocycles. The zero-order valence-electron chi connectivity index (χ0n) is 12.2. The van der Waals surface area contributed by atoms with Gasteiger partial charge in [-0.3, -0.25) is 4.79 Å². The number of amides is 1. The van der Waals surface area contributed by atoms with Gasteiger partial charge >= 0.3 is 5.97 Å². The quantitative estimate of drug-likeness (QED) is 0.847. The van der Waals surface area contributed by atoms with E-state index in [1.807, 2.05) is 13.8 Å². The summed E-state index contributed by atoms with van der Waals surface area (Å²) < 4.78 is 10.6. The van der Waals surface area contributed by atoms with Crippen LogP contribution in [0.15, 0.2) is 34.9 Å². The van der Waals surface area contributed by atoms with Crippen molar-refractivity contribution in [1.82, 2.24) is 10.3 Å². The van der Waals surface area contributed by atoms with Crippen LogP contribution in [0.1, 0.15) is 40.7 Å². The van der Waals surface area contributed by atoms with Gasteiger partial charge in [0.2, 0.25) is 5.76 Å². The number of carbonyl (C=O) groups excluding carboxylic acids is 1. The van der Waals surface area contributed by atoms with Crippen molar-refractivity contribution in [2.24, 2.45) is 0 Å². The van der Waals surface area contributed by atoms with Crippen molar-refractivity contribution in [3.63, 3.8) is 0 Å². The van der Waals surface area contributed by atoms with Gasteiger partial charge in [0.15, 0.2) is 11.4 Å². The fourth-order valence-corrected chi connectivity index (χ4v) is 1.75. The van der Waals surface area contributed by atoms with E-state index in [0.717, 1.165) is 0 Å². The van der Waals surface area contributed by atoms with E-state index in [2.05, 4.69) is 10.3 Å². The van der Waals surface area contributed by atoms with Crippen LogP contribution in [0.5, 0.6) is 5.75 Å². The number of carboxylic acid groups (broad SMARTS) is 1. The number of furan rings is 1. The topological polar surface area (TPSA) is 102 Å². The van der Waals surface area contributed by atoms with Gasteiger partial charge in [-0.05, 0) is 38.1 Å². The van der Waals surface area contributed by atoms with Crippen LogP contribution in [-0.4, -0.2) is 28.1 Å². The third-order valence-electron chi connectivity index (χ3n) is 2.64. The molecule has 2 N–H and O–H groups in total. The second-order valence-corrected chi connectivity index (χ2v) is 4.77. The molecule has 0 aliphatic carbocycles. The number of aromatic carboxylic acids is 1. The number of ether oxygens (including phenoxy) is 1. The highest BCUT2D eigenvalue weighted by Crippen LogP contribution is 2.17. The molecule has 0 saturated carbocycles. The molecular weight excluding hydrogens is 288 g/mol. The summed E-state index contributed by atoms with van der Waals surface area (Å²) in [6, 6.07) is 6.17. The molecular formula is C15H16N2O5. The number of hydrogen-bond acceptors (Lipinski definition) is 5. The maximum atomic E-state index is 12.1. The molecule has 1 amide bonds. The summed E-state index contributed by atoms with van der Waals surface area (Å²) in [5, 5.41) is 11.4. The largest absolute Gasteiger partial charge is 0.489 e. The van der Waals surface area contributed by atoms with Crippen LogP contribution >= 0.6 is 0 Å². The van der Waals surface area contributed by atoms with Crippen molar-refractivity contribution in [3.05, 3.63) is 47.7 Å². The van der Waals surface area contributed by atoms with Crippen molar-refractivity contribution in [3.8, 4) is 5.75 Å². The first-order valence-electron chi connectivity index (χ1n) is 6.69. The van der Waals surface area contributed by atoms with E-state index >= 15 is 0 Å². The number of pyridine rings is 1. The highest BCUT2D eigenvalue weighted by molar-refractivity contribution is 5.94. The summed E-state index contributed by atoms with van der Waals surface area (Å²) in [6.07, 6.45) is 1.41. The molecule has 116 valence electrons. The number of hydrogen-bond donors (Lipinski definition) is 2. The zero-order chi connectivity index (χ0) is 16.1. The Morgan fingerprint density at radius 1 is 1.36 bits per heavy atom. The minimum atomic E-state index is -1.16. The molecule has 2 aromatic heterocycles. The van der Waals surface area contributed by atoms with Gasteiger partial charge in [-0.25, -0.2) is 9.78 Å². The highest BCUT2D eigenvalue weighted by Gasteiger charge is 2.16. The van der Waals surface area contributed by atoms with Crippen LogP contribution in [0.2, 0.25) is 0 Å². The molecule has 0 fully saturated rings. The first kappa shape index (κ1) is 15.6. The maximum Gasteiger partial charge on any atom is 0.371 e. The van der Waals surface area contributed by atoms with Gasteiger partial charge < -0.3 is 19.6 Å². The third-order valence-corrected chi connectivity index (χ3v) is 2.64. The first-order chi connectivity index (χ1) is 10.5. The van der Waals surface area contributed by atoms with Crippen LogP contribution < -0.4 is 10.1 Å². The summed E-state index contributed by atoms with van der Waals surface area (Å²) >= 11 is 0. The Balaban J connectivity index is 2.04. The Kier molecular flexibility index (Phi) is 4.77. The summed E-state index contributed by atoms with van der Waals surface area (Å²) in [5.74, 6) is -1.03. The number of carboxylic acids is 1. The predicted molar refractivity (Wildman–Crippen MR) is 76.8 cm³/mol. The van der Waals surface area contributed by atoms with E-state index in [1.165, 1.54) is 18.3 Å².